The van der Waals surface area contributed by atoms with Crippen LogP contribution in [0.5, 0.6) is 5.75 Å². The number of nitrogens with one attached hydrogen (secondary N) is 2. The van der Waals surface area contributed by atoms with Crippen molar-refractivity contribution < 1.29 is 17.9 Å². The quantitative estimate of drug-likeness (QED) is 0.701. The molecule has 0 radical (unpaired) electrons. The molecule has 0 spiro atoms. The van der Waals surface area contributed by atoms with E-state index in [1.165, 1.54) is 17.5 Å². The Morgan fingerprint density at radius 3 is 2.40 bits per heavy atom. The van der Waals surface area contributed by atoms with Crippen molar-refractivity contribution in [2.75, 3.05) is 37.4 Å². The third-order valence-corrected chi connectivity index (χ3v) is 6.77. The van der Waals surface area contributed by atoms with Crippen LogP contribution in [0.2, 0.25) is 0 Å². The number of benzene rings is 2. The van der Waals surface area contributed by atoms with Crippen LogP contribution in [0.15, 0.2) is 47.4 Å². The number of amides is 1. The molecule has 0 unspecified atom stereocenters. The lowest BCUT2D eigenvalue weighted by molar-refractivity contribution is -0.114. The maximum absolute atomic E-state index is 13.1. The largest absolute Gasteiger partial charge is 0.495 e. The zero-order valence-electron chi connectivity index (χ0n) is 16.7. The number of hydrogen-bond acceptors (Lipinski definition) is 6. The van der Waals surface area contributed by atoms with E-state index >= 15 is 0 Å². The average molecular weight is 429 g/mol. The highest BCUT2D eigenvalue weighted by Gasteiger charge is 2.29. The van der Waals surface area contributed by atoms with Gasteiger partial charge in [0.15, 0.2) is 0 Å². The Morgan fingerprint density at radius 1 is 1.10 bits per heavy atom. The lowest BCUT2D eigenvalue weighted by Gasteiger charge is -2.26. The summed E-state index contributed by atoms with van der Waals surface area (Å²) in [5.74, 6) is -0.0832. The number of piperidine rings is 1. The molecule has 1 heterocycles. The first kappa shape index (κ1) is 21.6. The number of methoxy groups -OCH3 is 1. The summed E-state index contributed by atoms with van der Waals surface area (Å²) in [7, 11) is -2.29. The van der Waals surface area contributed by atoms with Crippen molar-refractivity contribution in [2.24, 2.45) is 0 Å². The smallest absolute Gasteiger partial charge is 0.246 e. The van der Waals surface area contributed by atoms with Crippen molar-refractivity contribution in [1.29, 1.82) is 5.26 Å². The van der Waals surface area contributed by atoms with Crippen molar-refractivity contribution in [3.8, 4) is 11.8 Å². The van der Waals surface area contributed by atoms with Crippen LogP contribution in [0.4, 0.5) is 11.4 Å². The third-order valence-electron chi connectivity index (χ3n) is 4.85. The Morgan fingerprint density at radius 2 is 1.77 bits per heavy atom. The van der Waals surface area contributed by atoms with Crippen LogP contribution in [-0.2, 0) is 14.8 Å². The number of sulfonamides is 1. The zero-order valence-corrected chi connectivity index (χ0v) is 17.5. The third kappa shape index (κ3) is 5.09. The lowest BCUT2D eigenvalue weighted by atomic mass is 10.2. The molecule has 0 saturated carbocycles. The molecular weight excluding hydrogens is 404 g/mol. The van der Waals surface area contributed by atoms with E-state index in [1.54, 1.807) is 36.4 Å². The van der Waals surface area contributed by atoms with Crippen molar-refractivity contribution in [2.45, 2.75) is 24.2 Å². The number of nitrogens with zero attached hydrogens (tertiary/aromatic N) is 2. The van der Waals surface area contributed by atoms with Crippen LogP contribution in [0, 0.1) is 11.3 Å². The summed E-state index contributed by atoms with van der Waals surface area (Å²) < 4.78 is 32.8. The molecule has 9 heteroatoms. The summed E-state index contributed by atoms with van der Waals surface area (Å²) in [6.45, 7) is 0.958. The second-order valence-corrected chi connectivity index (χ2v) is 8.83. The molecular formula is C21H24N4O4S. The molecule has 0 aliphatic carbocycles. The molecule has 1 aliphatic heterocycles. The fraction of sp³-hybridized carbons (Fsp3) is 0.333. The summed E-state index contributed by atoms with van der Waals surface area (Å²) in [5, 5.41) is 14.5. The molecule has 2 N–H and O–H groups in total. The molecule has 2 aromatic rings. The number of anilines is 2. The van der Waals surface area contributed by atoms with Crippen molar-refractivity contribution in [3.05, 3.63) is 48.0 Å². The molecule has 1 saturated heterocycles. The maximum Gasteiger partial charge on any atom is 0.246 e. The molecule has 1 fully saturated rings. The first-order valence-corrected chi connectivity index (χ1v) is 11.1. The predicted molar refractivity (Wildman–Crippen MR) is 114 cm³/mol. The van der Waals surface area contributed by atoms with Gasteiger partial charge in [-0.25, -0.2) is 8.42 Å². The molecule has 2 aromatic carbocycles. The Balaban J connectivity index is 1.70. The average Bonchev–Trinajstić information content (AvgIpc) is 2.78. The minimum absolute atomic E-state index is 0.00780. The Hall–Kier alpha value is -3.09. The summed E-state index contributed by atoms with van der Waals surface area (Å²) in [4.78, 5) is 12.4. The molecule has 1 amide bonds. The highest BCUT2D eigenvalue weighted by molar-refractivity contribution is 7.89. The highest BCUT2D eigenvalue weighted by atomic mass is 32.2. The fourth-order valence-electron chi connectivity index (χ4n) is 3.25. The van der Waals surface area contributed by atoms with Gasteiger partial charge in [-0.3, -0.25) is 4.79 Å². The van der Waals surface area contributed by atoms with E-state index in [4.69, 9.17) is 10.00 Å². The number of nitriles is 1. The maximum atomic E-state index is 13.1. The minimum atomic E-state index is -3.71. The summed E-state index contributed by atoms with van der Waals surface area (Å²) in [6.07, 6.45) is 2.68. The van der Waals surface area contributed by atoms with Crippen LogP contribution in [0.3, 0.4) is 0 Å². The Bertz CT molecular complexity index is 1040. The van der Waals surface area contributed by atoms with Gasteiger partial charge in [0.1, 0.15) is 10.6 Å². The number of ether oxygens (including phenoxy) is 1. The van der Waals surface area contributed by atoms with E-state index in [0.29, 0.717) is 30.0 Å². The van der Waals surface area contributed by atoms with E-state index in [-0.39, 0.29) is 23.1 Å². The highest BCUT2D eigenvalue weighted by Crippen LogP contribution is 2.31. The van der Waals surface area contributed by atoms with Gasteiger partial charge in [-0.15, -0.1) is 0 Å². The second kappa shape index (κ2) is 9.61. The first-order valence-electron chi connectivity index (χ1n) is 9.66. The molecule has 0 aromatic heterocycles. The minimum Gasteiger partial charge on any atom is -0.495 e. The SMILES string of the molecule is COc1ccc(NC(=O)CNc2ccc(C#N)cc2)cc1S(=O)(=O)N1CCCCC1. The van der Waals surface area contributed by atoms with Crippen LogP contribution in [0.1, 0.15) is 24.8 Å². The van der Waals surface area contributed by atoms with Gasteiger partial charge in [-0.1, -0.05) is 6.42 Å². The van der Waals surface area contributed by atoms with Gasteiger partial charge in [-0.05, 0) is 55.3 Å². The van der Waals surface area contributed by atoms with Gasteiger partial charge in [0.05, 0.1) is 25.3 Å². The Kier molecular flexibility index (Phi) is 6.92. The summed E-state index contributed by atoms with van der Waals surface area (Å²) in [5.41, 5.74) is 1.61. The molecule has 3 rings (SSSR count). The van der Waals surface area contributed by atoms with E-state index < -0.39 is 10.0 Å². The van der Waals surface area contributed by atoms with Gasteiger partial charge in [-0.2, -0.15) is 9.57 Å². The standard InChI is InChI=1S/C21H24N4O4S/c1-29-19-10-9-18(13-20(19)30(27,28)25-11-3-2-4-12-25)24-21(26)15-23-17-7-5-16(14-22)6-8-17/h5-10,13,23H,2-4,11-12,15H2,1H3,(H,24,26). The van der Waals surface area contributed by atoms with E-state index in [0.717, 1.165) is 19.3 Å². The number of hydrogen-bond donors (Lipinski definition) is 2. The van der Waals surface area contributed by atoms with Crippen LogP contribution in [0.25, 0.3) is 0 Å². The van der Waals surface area contributed by atoms with Crippen molar-refractivity contribution >= 4 is 27.3 Å². The molecule has 158 valence electrons. The number of carbonyl (C=O) groups excluding carboxylic acids is 1. The summed E-state index contributed by atoms with van der Waals surface area (Å²) >= 11 is 0. The second-order valence-electron chi connectivity index (χ2n) is 6.92. The zero-order chi connectivity index (χ0) is 21.6. The predicted octanol–water partition coefficient (Wildman–Crippen LogP) is 2.79. The number of rotatable bonds is 7. The van der Waals surface area contributed by atoms with Gasteiger partial charge >= 0.3 is 0 Å². The molecule has 1 aliphatic rings. The summed E-state index contributed by atoms with van der Waals surface area (Å²) in [6, 6.07) is 13.3. The van der Waals surface area contributed by atoms with Crippen molar-refractivity contribution in [1.82, 2.24) is 4.31 Å². The van der Waals surface area contributed by atoms with E-state index in [9.17, 15) is 13.2 Å². The number of carbonyl (C=O) groups is 1. The van der Waals surface area contributed by atoms with Gasteiger partial charge in [0.25, 0.3) is 0 Å². The van der Waals surface area contributed by atoms with Crippen LogP contribution in [-0.4, -0.2) is 45.4 Å². The van der Waals surface area contributed by atoms with Gasteiger partial charge in [0, 0.05) is 24.5 Å². The van der Waals surface area contributed by atoms with Crippen LogP contribution >= 0.6 is 0 Å². The lowest BCUT2D eigenvalue weighted by Crippen LogP contribution is -2.35. The van der Waals surface area contributed by atoms with Crippen molar-refractivity contribution in [3.63, 3.8) is 0 Å². The van der Waals surface area contributed by atoms with Crippen LogP contribution < -0.4 is 15.4 Å². The Labute approximate surface area is 176 Å². The van der Waals surface area contributed by atoms with Gasteiger partial charge in [0.2, 0.25) is 15.9 Å². The molecule has 8 nitrogen and oxygen atoms in total. The van der Waals surface area contributed by atoms with E-state index in [1.807, 2.05) is 6.07 Å². The van der Waals surface area contributed by atoms with E-state index in [2.05, 4.69) is 10.6 Å². The molecule has 30 heavy (non-hydrogen) atoms. The van der Waals surface area contributed by atoms with Gasteiger partial charge < -0.3 is 15.4 Å². The molecule has 0 atom stereocenters. The molecule has 0 bridgehead atoms. The topological polar surface area (TPSA) is 112 Å². The first-order chi connectivity index (χ1) is 14.4. The monoisotopic (exact) mass is 428 g/mol. The normalized spacial score (nSPS) is 14.5. The fourth-order valence-corrected chi connectivity index (χ4v) is 4.95.